The highest BCUT2D eigenvalue weighted by Crippen LogP contribution is 2.20. The van der Waals surface area contributed by atoms with Crippen molar-refractivity contribution < 1.29 is 14.9 Å². The van der Waals surface area contributed by atoms with Gasteiger partial charge < -0.3 is 20.1 Å². The van der Waals surface area contributed by atoms with E-state index in [0.29, 0.717) is 0 Å². The van der Waals surface area contributed by atoms with Crippen LogP contribution in [0.3, 0.4) is 0 Å². The molecule has 5 heteroatoms. The quantitative estimate of drug-likeness (QED) is 0.323. The minimum atomic E-state index is -1.23. The summed E-state index contributed by atoms with van der Waals surface area (Å²) in [6.45, 7) is 0.127. The van der Waals surface area contributed by atoms with E-state index in [1.807, 2.05) is 0 Å². The lowest BCUT2D eigenvalue weighted by Gasteiger charge is -2.35. The average molecular weight is 148 g/mol. The van der Waals surface area contributed by atoms with E-state index in [0.717, 1.165) is 0 Å². The predicted molar refractivity (Wildman–Crippen MR) is 34.2 cm³/mol. The highest BCUT2D eigenvalue weighted by atomic mass is 16.6. The molecule has 1 aliphatic heterocycles. The summed E-state index contributed by atoms with van der Waals surface area (Å²) in [6.07, 6.45) is -2.26. The first-order chi connectivity index (χ1) is 4.45. The van der Waals surface area contributed by atoms with Gasteiger partial charge in [-0.05, 0) is 7.05 Å². The molecule has 0 aromatic carbocycles. The summed E-state index contributed by atoms with van der Waals surface area (Å²) in [6, 6.07) is 0. The van der Waals surface area contributed by atoms with E-state index >= 15 is 0 Å². The van der Waals surface area contributed by atoms with Gasteiger partial charge in [0.1, 0.15) is 6.67 Å². The molecule has 0 aromatic heterocycles. The van der Waals surface area contributed by atoms with Gasteiger partial charge in [-0.1, -0.05) is 0 Å². The van der Waals surface area contributed by atoms with Crippen molar-refractivity contribution in [3.63, 3.8) is 0 Å². The Bertz CT molecular complexity index is 139. The maximum absolute atomic E-state index is 11.1. The number of hydrogen-bond acceptors (Lipinski definition) is 4. The largest absolute Gasteiger partial charge is 0.630 e. The maximum atomic E-state index is 11.1. The van der Waals surface area contributed by atoms with Crippen LogP contribution < -0.4 is 0 Å². The molecule has 3 unspecified atom stereocenters. The smallest absolute Gasteiger partial charge is 0.232 e. The minimum Gasteiger partial charge on any atom is -0.630 e. The summed E-state index contributed by atoms with van der Waals surface area (Å²) in [5.41, 5.74) is 0. The van der Waals surface area contributed by atoms with Crippen molar-refractivity contribution in [2.24, 2.45) is 0 Å². The van der Waals surface area contributed by atoms with Crippen LogP contribution in [0.25, 0.3) is 0 Å². The van der Waals surface area contributed by atoms with Crippen molar-refractivity contribution >= 4 is 0 Å². The third kappa shape index (κ3) is 1.02. The van der Waals surface area contributed by atoms with Crippen LogP contribution in [0.1, 0.15) is 0 Å². The molecule has 1 heterocycles. The topological polar surface area (TPSA) is 66.8 Å². The summed E-state index contributed by atoms with van der Waals surface area (Å²) in [7, 11) is 2.92. The fourth-order valence-electron chi connectivity index (χ4n) is 1.12. The van der Waals surface area contributed by atoms with Gasteiger partial charge in [0.15, 0.2) is 6.23 Å². The zero-order valence-corrected chi connectivity index (χ0v) is 6.06. The molecule has 1 saturated heterocycles. The maximum Gasteiger partial charge on any atom is 0.232 e. The van der Waals surface area contributed by atoms with E-state index < -0.39 is 17.1 Å². The Kier molecular flexibility index (Phi) is 1.69. The molecule has 0 spiro atoms. The van der Waals surface area contributed by atoms with Gasteiger partial charge in [-0.15, -0.1) is 0 Å². The van der Waals surface area contributed by atoms with Crippen molar-refractivity contribution in [2.75, 3.05) is 20.8 Å². The average Bonchev–Trinajstić information content (AvgIpc) is 1.95. The molecule has 1 fully saturated rings. The molecular weight excluding hydrogens is 136 g/mol. The van der Waals surface area contributed by atoms with Crippen LogP contribution in [0, 0.1) is 5.21 Å². The molecule has 0 amide bonds. The molecule has 0 aliphatic carbocycles. The molecular formula is C5H12N2O3. The normalized spacial score (nSPS) is 50.1. The molecule has 10 heavy (non-hydrogen) atoms. The number of quaternary nitrogens is 1. The zero-order valence-electron chi connectivity index (χ0n) is 6.06. The summed E-state index contributed by atoms with van der Waals surface area (Å²) in [4.78, 5) is 1.41. The van der Waals surface area contributed by atoms with Gasteiger partial charge in [0, 0.05) is 0 Å². The predicted octanol–water partition coefficient (Wildman–Crippen LogP) is -1.53. The fraction of sp³-hybridized carbons (Fsp3) is 1.00. The highest BCUT2D eigenvalue weighted by molar-refractivity contribution is 4.65. The molecule has 60 valence electrons. The molecule has 0 saturated carbocycles. The Hall–Kier alpha value is -0.200. The molecule has 1 aliphatic rings. The fourth-order valence-corrected chi connectivity index (χ4v) is 1.12. The minimum absolute atomic E-state index is 0.127. The van der Waals surface area contributed by atoms with E-state index in [1.54, 1.807) is 7.05 Å². The Morgan fingerprint density at radius 1 is 1.60 bits per heavy atom. The van der Waals surface area contributed by atoms with Crippen molar-refractivity contribution in [1.29, 1.82) is 0 Å². The van der Waals surface area contributed by atoms with Crippen LogP contribution in [0.4, 0.5) is 0 Å². The molecule has 2 N–H and O–H groups in total. The van der Waals surface area contributed by atoms with E-state index in [4.69, 9.17) is 10.2 Å². The van der Waals surface area contributed by atoms with Crippen LogP contribution in [-0.2, 0) is 0 Å². The Labute approximate surface area is 59.3 Å². The number of hydroxylamine groups is 3. The summed E-state index contributed by atoms with van der Waals surface area (Å²) in [5.74, 6) is 0. The van der Waals surface area contributed by atoms with Gasteiger partial charge in [0.25, 0.3) is 0 Å². The van der Waals surface area contributed by atoms with Gasteiger partial charge in [-0.25, -0.2) is 4.90 Å². The van der Waals surface area contributed by atoms with Gasteiger partial charge >= 0.3 is 0 Å². The second kappa shape index (κ2) is 2.14. The first-order valence-corrected chi connectivity index (χ1v) is 3.08. The number of nitrogens with zero attached hydrogens (tertiary/aromatic N) is 2. The monoisotopic (exact) mass is 148 g/mol. The van der Waals surface area contributed by atoms with Crippen LogP contribution in [-0.4, -0.2) is 53.0 Å². The lowest BCUT2D eigenvalue weighted by molar-refractivity contribution is -0.900. The number of hydrogen-bond donors (Lipinski definition) is 2. The van der Waals surface area contributed by atoms with Crippen LogP contribution in [0.2, 0.25) is 0 Å². The van der Waals surface area contributed by atoms with Gasteiger partial charge in [-0.3, -0.25) is 0 Å². The number of likely N-dealkylation sites (N-methyl/N-ethyl adjacent to an activating group) is 2. The van der Waals surface area contributed by atoms with Crippen molar-refractivity contribution in [3.8, 4) is 0 Å². The Balaban J connectivity index is 2.71. The summed E-state index contributed by atoms with van der Waals surface area (Å²) >= 11 is 0. The molecule has 3 atom stereocenters. The van der Waals surface area contributed by atoms with Crippen LogP contribution in [0.5, 0.6) is 0 Å². The van der Waals surface area contributed by atoms with E-state index in [-0.39, 0.29) is 6.67 Å². The van der Waals surface area contributed by atoms with Gasteiger partial charge in [-0.2, -0.15) is 0 Å². The lowest BCUT2D eigenvalue weighted by Crippen LogP contribution is -2.45. The molecule has 0 radical (unpaired) electrons. The van der Waals surface area contributed by atoms with Gasteiger partial charge in [0.05, 0.1) is 7.05 Å². The third-order valence-electron chi connectivity index (χ3n) is 1.78. The van der Waals surface area contributed by atoms with Crippen LogP contribution in [0.15, 0.2) is 0 Å². The third-order valence-corrected chi connectivity index (χ3v) is 1.78. The van der Waals surface area contributed by atoms with E-state index in [2.05, 4.69) is 0 Å². The van der Waals surface area contributed by atoms with Crippen molar-refractivity contribution in [1.82, 2.24) is 4.90 Å². The molecule has 5 nitrogen and oxygen atoms in total. The van der Waals surface area contributed by atoms with Gasteiger partial charge in [0.2, 0.25) is 6.23 Å². The van der Waals surface area contributed by atoms with E-state index in [1.165, 1.54) is 11.9 Å². The van der Waals surface area contributed by atoms with Crippen LogP contribution >= 0.6 is 0 Å². The first kappa shape index (κ1) is 7.90. The SMILES string of the molecule is CN1C[N+](C)([O-])C(O)C1O. The Morgan fingerprint density at radius 3 is 2.20 bits per heavy atom. The first-order valence-electron chi connectivity index (χ1n) is 3.08. The summed E-state index contributed by atoms with van der Waals surface area (Å²) in [5, 5.41) is 29.3. The second-order valence-electron chi connectivity index (χ2n) is 2.90. The van der Waals surface area contributed by atoms with Crippen molar-refractivity contribution in [3.05, 3.63) is 5.21 Å². The number of rotatable bonds is 0. The van der Waals surface area contributed by atoms with Crippen molar-refractivity contribution in [2.45, 2.75) is 12.5 Å². The summed E-state index contributed by atoms with van der Waals surface area (Å²) < 4.78 is -0.808. The van der Waals surface area contributed by atoms with E-state index in [9.17, 15) is 5.21 Å². The molecule has 1 rings (SSSR count). The molecule has 0 bridgehead atoms. The standard InChI is InChI=1S/C5H12N2O3/c1-6-3-7(2,10)5(9)4(6)8/h4-5,8-9H,3H2,1-2H3. The lowest BCUT2D eigenvalue weighted by atomic mass is 10.5. The highest BCUT2D eigenvalue weighted by Gasteiger charge is 2.41. The second-order valence-corrected chi connectivity index (χ2v) is 2.90. The zero-order chi connectivity index (χ0) is 7.94. The Morgan fingerprint density at radius 2 is 2.10 bits per heavy atom. The molecule has 0 aromatic rings. The number of aliphatic hydroxyl groups excluding tert-OH is 2. The number of aliphatic hydroxyl groups is 2.